The van der Waals surface area contributed by atoms with Crippen LogP contribution < -0.4 is 5.32 Å². The van der Waals surface area contributed by atoms with Crippen molar-refractivity contribution in [2.45, 2.75) is 25.8 Å². The van der Waals surface area contributed by atoms with E-state index in [0.717, 1.165) is 17.8 Å². The third kappa shape index (κ3) is 3.89. The van der Waals surface area contributed by atoms with Crippen LogP contribution in [-0.4, -0.2) is 42.0 Å². The molecule has 1 aromatic rings. The molecule has 1 saturated heterocycles. The summed E-state index contributed by atoms with van der Waals surface area (Å²) in [7, 11) is 0. The molecule has 1 fully saturated rings. The number of ketones is 1. The highest BCUT2D eigenvalue weighted by Gasteiger charge is 2.31. The molecule has 0 radical (unpaired) electrons. The van der Waals surface area contributed by atoms with Gasteiger partial charge in [0.05, 0.1) is 11.5 Å². The van der Waals surface area contributed by atoms with E-state index in [2.05, 4.69) is 5.32 Å². The zero-order valence-corrected chi connectivity index (χ0v) is 12.4. The first-order valence-corrected chi connectivity index (χ1v) is 7.58. The van der Waals surface area contributed by atoms with E-state index in [4.69, 9.17) is 4.74 Å². The molecule has 114 valence electrons. The van der Waals surface area contributed by atoms with Crippen LogP contribution in [0.15, 0.2) is 11.4 Å². The number of carbonyl (C=O) groups excluding carboxylic acids is 2. The lowest BCUT2D eigenvalue weighted by atomic mass is 9.93. The maximum absolute atomic E-state index is 12.1. The van der Waals surface area contributed by atoms with Crippen molar-refractivity contribution >= 4 is 29.0 Å². The van der Waals surface area contributed by atoms with E-state index in [1.54, 1.807) is 5.38 Å². The Balaban J connectivity index is 2.06. The topological polar surface area (TPSA) is 92.7 Å². The number of hydrogen-bond acceptors (Lipinski definition) is 5. The lowest BCUT2D eigenvalue weighted by Gasteiger charge is -2.27. The highest BCUT2D eigenvalue weighted by molar-refractivity contribution is 7.12. The van der Waals surface area contributed by atoms with E-state index in [1.807, 2.05) is 0 Å². The van der Waals surface area contributed by atoms with Crippen LogP contribution in [0.5, 0.6) is 0 Å². The molecular formula is C14H17NO5S. The van der Waals surface area contributed by atoms with Gasteiger partial charge in [-0.3, -0.25) is 9.59 Å². The number of amides is 1. The van der Waals surface area contributed by atoms with Crippen LogP contribution in [-0.2, 0) is 9.53 Å². The molecule has 1 aliphatic rings. The first-order valence-electron chi connectivity index (χ1n) is 6.70. The average Bonchev–Trinajstić information content (AvgIpc) is 2.95. The summed E-state index contributed by atoms with van der Waals surface area (Å²) < 4.78 is 5.28. The van der Waals surface area contributed by atoms with Gasteiger partial charge < -0.3 is 15.2 Å². The van der Waals surface area contributed by atoms with Gasteiger partial charge in [-0.25, -0.2) is 4.79 Å². The van der Waals surface area contributed by atoms with Crippen molar-refractivity contribution in [2.24, 2.45) is 5.92 Å². The maximum Gasteiger partial charge on any atom is 0.326 e. The molecule has 1 aromatic heterocycles. The van der Waals surface area contributed by atoms with Gasteiger partial charge in [0.2, 0.25) is 0 Å². The van der Waals surface area contributed by atoms with Crippen LogP contribution in [0.25, 0.3) is 0 Å². The van der Waals surface area contributed by atoms with Crippen molar-refractivity contribution in [3.8, 4) is 0 Å². The first-order chi connectivity index (χ1) is 9.99. The molecule has 2 atom stereocenters. The molecule has 2 rings (SSSR count). The van der Waals surface area contributed by atoms with Crippen LogP contribution in [0.2, 0.25) is 0 Å². The number of carboxylic acids is 1. The van der Waals surface area contributed by atoms with Crippen molar-refractivity contribution in [3.63, 3.8) is 0 Å². The van der Waals surface area contributed by atoms with Crippen molar-refractivity contribution < 1.29 is 24.2 Å². The standard InChI is InChI=1S/C14H17NO5S/c1-8(16)10-5-11(21-7-10)13(17)15-12(14(18)19)9-3-2-4-20-6-9/h5,7,9,12H,2-4,6H2,1H3,(H,15,17)(H,18,19). The van der Waals surface area contributed by atoms with Gasteiger partial charge in [0.15, 0.2) is 5.78 Å². The number of Topliss-reactive ketones (excluding diaryl/α,β-unsaturated/α-hetero) is 1. The fourth-order valence-electron chi connectivity index (χ4n) is 2.26. The maximum atomic E-state index is 12.1. The molecule has 2 unspecified atom stereocenters. The number of carboxylic acid groups (broad SMARTS) is 1. The van der Waals surface area contributed by atoms with Gasteiger partial charge in [-0.15, -0.1) is 11.3 Å². The number of carbonyl (C=O) groups is 3. The highest BCUT2D eigenvalue weighted by Crippen LogP contribution is 2.20. The van der Waals surface area contributed by atoms with Crippen molar-refractivity contribution in [1.82, 2.24) is 5.32 Å². The Morgan fingerprint density at radius 1 is 1.48 bits per heavy atom. The molecule has 0 aromatic carbocycles. The Hall–Kier alpha value is -1.73. The van der Waals surface area contributed by atoms with Crippen LogP contribution in [0, 0.1) is 5.92 Å². The zero-order valence-electron chi connectivity index (χ0n) is 11.6. The van der Waals surface area contributed by atoms with E-state index in [-0.39, 0.29) is 11.7 Å². The Morgan fingerprint density at radius 2 is 2.24 bits per heavy atom. The highest BCUT2D eigenvalue weighted by atomic mass is 32.1. The van der Waals surface area contributed by atoms with Gasteiger partial charge in [0.1, 0.15) is 6.04 Å². The summed E-state index contributed by atoms with van der Waals surface area (Å²) in [5.74, 6) is -1.89. The molecular weight excluding hydrogens is 294 g/mol. The lowest BCUT2D eigenvalue weighted by Crippen LogP contribution is -2.48. The molecule has 21 heavy (non-hydrogen) atoms. The molecule has 7 heteroatoms. The minimum absolute atomic E-state index is 0.124. The molecule has 0 bridgehead atoms. The van der Waals surface area contributed by atoms with E-state index in [9.17, 15) is 19.5 Å². The summed E-state index contributed by atoms with van der Waals surface area (Å²) >= 11 is 1.13. The fraction of sp³-hybridized carbons (Fsp3) is 0.500. The number of nitrogens with one attached hydrogen (secondary N) is 1. The van der Waals surface area contributed by atoms with Gasteiger partial charge in [0, 0.05) is 23.5 Å². The van der Waals surface area contributed by atoms with Gasteiger partial charge in [0.25, 0.3) is 5.91 Å². The third-order valence-corrected chi connectivity index (χ3v) is 4.38. The zero-order chi connectivity index (χ0) is 15.4. The van der Waals surface area contributed by atoms with Gasteiger partial charge in [-0.2, -0.15) is 0 Å². The van der Waals surface area contributed by atoms with Gasteiger partial charge in [-0.1, -0.05) is 0 Å². The third-order valence-electron chi connectivity index (χ3n) is 3.45. The molecule has 6 nitrogen and oxygen atoms in total. The van der Waals surface area contributed by atoms with Gasteiger partial charge >= 0.3 is 5.97 Å². The van der Waals surface area contributed by atoms with E-state index < -0.39 is 17.9 Å². The van der Waals surface area contributed by atoms with Crippen molar-refractivity contribution in [1.29, 1.82) is 0 Å². The van der Waals surface area contributed by atoms with Crippen LogP contribution in [0.4, 0.5) is 0 Å². The van der Waals surface area contributed by atoms with E-state index >= 15 is 0 Å². The molecule has 1 aliphatic heterocycles. The summed E-state index contributed by atoms with van der Waals surface area (Å²) in [4.78, 5) is 35.0. The normalized spacial score (nSPS) is 19.8. The van der Waals surface area contributed by atoms with Crippen LogP contribution >= 0.6 is 11.3 Å². The Bertz CT molecular complexity index is 547. The average molecular weight is 311 g/mol. The number of ether oxygens (including phenoxy) is 1. The van der Waals surface area contributed by atoms with Crippen molar-refractivity contribution in [2.75, 3.05) is 13.2 Å². The fourth-order valence-corrected chi connectivity index (χ4v) is 3.11. The molecule has 0 saturated carbocycles. The minimum atomic E-state index is -1.07. The molecule has 2 N–H and O–H groups in total. The Labute approximate surface area is 126 Å². The molecule has 0 aliphatic carbocycles. The number of hydrogen-bond donors (Lipinski definition) is 2. The first kappa shape index (κ1) is 15.7. The number of aliphatic carboxylic acids is 1. The summed E-state index contributed by atoms with van der Waals surface area (Å²) in [6, 6.07) is 0.513. The largest absolute Gasteiger partial charge is 0.480 e. The summed E-state index contributed by atoms with van der Waals surface area (Å²) in [6.45, 7) is 2.38. The van der Waals surface area contributed by atoms with Crippen molar-refractivity contribution in [3.05, 3.63) is 21.9 Å². The summed E-state index contributed by atoms with van der Waals surface area (Å²) in [5, 5.41) is 13.4. The molecule has 2 heterocycles. The Kier molecular flexibility index (Phi) is 5.08. The number of rotatable bonds is 5. The summed E-state index contributed by atoms with van der Waals surface area (Å²) in [5.41, 5.74) is 0.457. The van der Waals surface area contributed by atoms with E-state index in [0.29, 0.717) is 30.1 Å². The van der Waals surface area contributed by atoms with Crippen LogP contribution in [0.3, 0.4) is 0 Å². The predicted molar refractivity (Wildman–Crippen MR) is 76.8 cm³/mol. The summed E-state index contributed by atoms with van der Waals surface area (Å²) in [6.07, 6.45) is 1.50. The monoisotopic (exact) mass is 311 g/mol. The predicted octanol–water partition coefficient (Wildman–Crippen LogP) is 1.56. The quantitative estimate of drug-likeness (QED) is 0.805. The SMILES string of the molecule is CC(=O)c1csc(C(=O)NC(C(=O)O)C2CCCOC2)c1. The smallest absolute Gasteiger partial charge is 0.326 e. The van der Waals surface area contributed by atoms with E-state index in [1.165, 1.54) is 13.0 Å². The Morgan fingerprint density at radius 3 is 2.76 bits per heavy atom. The second kappa shape index (κ2) is 6.82. The second-order valence-electron chi connectivity index (χ2n) is 5.02. The number of thiophene rings is 1. The molecule has 0 spiro atoms. The lowest BCUT2D eigenvalue weighted by molar-refractivity contribution is -0.142. The minimum Gasteiger partial charge on any atom is -0.480 e. The van der Waals surface area contributed by atoms with Gasteiger partial charge in [-0.05, 0) is 25.8 Å². The van der Waals surface area contributed by atoms with Crippen LogP contribution in [0.1, 0.15) is 39.8 Å². The molecule has 1 amide bonds. The second-order valence-corrected chi connectivity index (χ2v) is 5.93.